The first-order valence-corrected chi connectivity index (χ1v) is 8.29. The van der Waals surface area contributed by atoms with Gasteiger partial charge in [0, 0.05) is 20.3 Å². The topological polar surface area (TPSA) is 84.9 Å². The maximum Gasteiger partial charge on any atom is 0.334 e. The van der Waals surface area contributed by atoms with Crippen LogP contribution in [0.25, 0.3) is 0 Å². The lowest BCUT2D eigenvalue weighted by Crippen LogP contribution is -2.42. The molecule has 1 atom stereocenters. The van der Waals surface area contributed by atoms with Crippen molar-refractivity contribution in [3.05, 3.63) is 0 Å². The quantitative estimate of drug-likeness (QED) is 0.483. The number of nitrogens with two attached hydrogens (primary N) is 1. The average Bonchev–Trinajstić information content (AvgIpc) is 2.27. The van der Waals surface area contributed by atoms with Crippen molar-refractivity contribution in [1.82, 2.24) is 0 Å². The van der Waals surface area contributed by atoms with Crippen molar-refractivity contribution < 1.29 is 19.1 Å². The van der Waals surface area contributed by atoms with Crippen LogP contribution in [0.4, 0.5) is 0 Å². The molecule has 0 bridgehead atoms. The van der Waals surface area contributed by atoms with E-state index < -0.39 is 8.56 Å². The summed E-state index contributed by atoms with van der Waals surface area (Å²) in [6.07, 6.45) is 1.83. The Hall–Kier alpha value is 0.0169. The zero-order valence-corrected chi connectivity index (χ0v) is 11.3. The smallest absolute Gasteiger partial charge is 0.334 e. The SMILES string of the molecule is CO[Si](C)(CCCN)OC(CCO)CCO. The van der Waals surface area contributed by atoms with E-state index in [2.05, 4.69) is 0 Å². The van der Waals surface area contributed by atoms with Gasteiger partial charge in [0.15, 0.2) is 0 Å². The average molecular weight is 251 g/mol. The van der Waals surface area contributed by atoms with Gasteiger partial charge in [0.1, 0.15) is 0 Å². The first-order chi connectivity index (χ1) is 7.61. The molecule has 0 fully saturated rings. The molecule has 1 unspecified atom stereocenters. The van der Waals surface area contributed by atoms with Crippen LogP contribution in [-0.2, 0) is 8.85 Å². The fourth-order valence-corrected chi connectivity index (χ4v) is 3.74. The van der Waals surface area contributed by atoms with Crippen LogP contribution < -0.4 is 5.73 Å². The van der Waals surface area contributed by atoms with Gasteiger partial charge in [0.2, 0.25) is 0 Å². The summed E-state index contributed by atoms with van der Waals surface area (Å²) in [5.74, 6) is 0. The third-order valence-corrected chi connectivity index (χ3v) is 5.54. The summed E-state index contributed by atoms with van der Waals surface area (Å²) in [5.41, 5.74) is 5.47. The lowest BCUT2D eigenvalue weighted by molar-refractivity contribution is 0.0844. The molecule has 0 aromatic rings. The summed E-state index contributed by atoms with van der Waals surface area (Å²) in [5, 5.41) is 17.8. The van der Waals surface area contributed by atoms with Crippen molar-refractivity contribution in [3.63, 3.8) is 0 Å². The zero-order valence-electron chi connectivity index (χ0n) is 10.3. The standard InChI is InChI=1S/C10H25NO4Si/c1-14-16(2,9-3-6-11)15-10(4-7-12)5-8-13/h10,12-13H,3-9,11H2,1-2H3. The van der Waals surface area contributed by atoms with E-state index in [9.17, 15) is 0 Å². The van der Waals surface area contributed by atoms with E-state index >= 15 is 0 Å². The normalized spacial score (nSPS) is 15.4. The molecule has 0 aliphatic carbocycles. The molecule has 0 saturated heterocycles. The van der Waals surface area contributed by atoms with E-state index in [1.54, 1.807) is 7.11 Å². The molecule has 0 heterocycles. The van der Waals surface area contributed by atoms with E-state index in [0.717, 1.165) is 12.5 Å². The van der Waals surface area contributed by atoms with Crippen LogP contribution in [0, 0.1) is 0 Å². The van der Waals surface area contributed by atoms with Crippen molar-refractivity contribution in [3.8, 4) is 0 Å². The molecule has 0 aromatic carbocycles. The van der Waals surface area contributed by atoms with Crippen LogP contribution in [0.15, 0.2) is 0 Å². The predicted octanol–water partition coefficient (Wildman–Crippen LogP) is 0.204. The fourth-order valence-electron chi connectivity index (χ4n) is 1.54. The molecule has 0 radical (unpaired) electrons. The van der Waals surface area contributed by atoms with E-state index in [-0.39, 0.29) is 19.3 Å². The lowest BCUT2D eigenvalue weighted by Gasteiger charge is -2.30. The minimum atomic E-state index is -2.18. The van der Waals surface area contributed by atoms with Gasteiger partial charge in [0.05, 0.1) is 6.10 Å². The first-order valence-electron chi connectivity index (χ1n) is 5.76. The minimum Gasteiger partial charge on any atom is -0.398 e. The van der Waals surface area contributed by atoms with E-state index in [4.69, 9.17) is 24.8 Å². The van der Waals surface area contributed by atoms with Gasteiger partial charge in [-0.1, -0.05) is 0 Å². The van der Waals surface area contributed by atoms with Gasteiger partial charge in [0.25, 0.3) is 0 Å². The van der Waals surface area contributed by atoms with Crippen LogP contribution >= 0.6 is 0 Å². The summed E-state index contributed by atoms with van der Waals surface area (Å²) in [4.78, 5) is 0. The third kappa shape index (κ3) is 6.57. The molecule has 16 heavy (non-hydrogen) atoms. The molecular weight excluding hydrogens is 226 g/mol. The number of aliphatic hydroxyl groups excluding tert-OH is 2. The molecule has 5 nitrogen and oxygen atoms in total. The maximum atomic E-state index is 8.90. The van der Waals surface area contributed by atoms with Crippen LogP contribution in [0.1, 0.15) is 19.3 Å². The van der Waals surface area contributed by atoms with E-state index in [0.29, 0.717) is 19.4 Å². The summed E-state index contributed by atoms with van der Waals surface area (Å²) in [6, 6.07) is 0.841. The lowest BCUT2D eigenvalue weighted by atomic mass is 10.2. The van der Waals surface area contributed by atoms with E-state index in [1.165, 1.54) is 0 Å². The highest BCUT2D eigenvalue weighted by Gasteiger charge is 2.32. The summed E-state index contributed by atoms with van der Waals surface area (Å²) in [6.45, 7) is 2.75. The molecule has 0 aromatic heterocycles. The van der Waals surface area contributed by atoms with Crippen LogP contribution in [0.3, 0.4) is 0 Å². The zero-order chi connectivity index (χ0) is 12.4. The minimum absolute atomic E-state index is 0.0652. The Kier molecular flexibility index (Phi) is 9.10. The molecule has 4 N–H and O–H groups in total. The van der Waals surface area contributed by atoms with Gasteiger partial charge in [-0.15, -0.1) is 0 Å². The Morgan fingerprint density at radius 2 is 1.81 bits per heavy atom. The Morgan fingerprint density at radius 3 is 2.19 bits per heavy atom. The van der Waals surface area contributed by atoms with Crippen molar-refractivity contribution in [2.75, 3.05) is 26.9 Å². The van der Waals surface area contributed by atoms with Gasteiger partial charge in [-0.05, 0) is 38.4 Å². The second-order valence-corrected chi connectivity index (χ2v) is 7.41. The summed E-state index contributed by atoms with van der Waals surface area (Å²) in [7, 11) is -0.534. The summed E-state index contributed by atoms with van der Waals surface area (Å²) < 4.78 is 11.4. The monoisotopic (exact) mass is 251 g/mol. The van der Waals surface area contributed by atoms with E-state index in [1.807, 2.05) is 6.55 Å². The first kappa shape index (κ1) is 16.0. The van der Waals surface area contributed by atoms with Gasteiger partial charge < -0.3 is 24.8 Å². The number of hydrogen-bond acceptors (Lipinski definition) is 5. The Balaban J connectivity index is 4.21. The molecule has 0 rings (SSSR count). The number of hydrogen-bond donors (Lipinski definition) is 3. The Labute approximate surface area is 98.8 Å². The van der Waals surface area contributed by atoms with Crippen LogP contribution in [0.2, 0.25) is 12.6 Å². The number of rotatable bonds is 10. The van der Waals surface area contributed by atoms with Gasteiger partial charge >= 0.3 is 8.56 Å². The molecule has 0 saturated carbocycles. The van der Waals surface area contributed by atoms with Gasteiger partial charge in [-0.3, -0.25) is 0 Å². The van der Waals surface area contributed by atoms with Gasteiger partial charge in [-0.25, -0.2) is 0 Å². The molecule has 0 aliphatic rings. The Morgan fingerprint density at radius 1 is 1.25 bits per heavy atom. The summed E-state index contributed by atoms with van der Waals surface area (Å²) >= 11 is 0. The van der Waals surface area contributed by atoms with Crippen molar-refractivity contribution in [2.45, 2.75) is 38.0 Å². The highest BCUT2D eigenvalue weighted by Crippen LogP contribution is 2.19. The van der Waals surface area contributed by atoms with Crippen LogP contribution in [0.5, 0.6) is 0 Å². The molecule has 6 heteroatoms. The second kappa shape index (κ2) is 9.09. The van der Waals surface area contributed by atoms with Crippen molar-refractivity contribution >= 4 is 8.56 Å². The molecular formula is C10H25NO4Si. The largest absolute Gasteiger partial charge is 0.398 e. The van der Waals surface area contributed by atoms with Crippen molar-refractivity contribution in [1.29, 1.82) is 0 Å². The van der Waals surface area contributed by atoms with Gasteiger partial charge in [-0.2, -0.15) is 0 Å². The number of aliphatic hydroxyl groups is 2. The van der Waals surface area contributed by atoms with Crippen molar-refractivity contribution in [2.24, 2.45) is 5.73 Å². The maximum absolute atomic E-state index is 8.90. The molecule has 98 valence electrons. The fraction of sp³-hybridized carbons (Fsp3) is 1.00. The van der Waals surface area contributed by atoms with Crippen LogP contribution in [-0.4, -0.2) is 51.7 Å². The highest BCUT2D eigenvalue weighted by molar-refractivity contribution is 6.66. The highest BCUT2D eigenvalue weighted by atomic mass is 28.4. The molecule has 0 aliphatic heterocycles. The Bertz CT molecular complexity index is 167. The second-order valence-electron chi connectivity index (χ2n) is 3.99. The molecule has 0 amide bonds. The predicted molar refractivity (Wildman–Crippen MR) is 65.4 cm³/mol. The third-order valence-electron chi connectivity index (χ3n) is 2.58. The molecule has 0 spiro atoms.